The van der Waals surface area contributed by atoms with Crippen LogP contribution in [-0.4, -0.2) is 39.9 Å². The normalized spacial score (nSPS) is 39.5. The highest BCUT2D eigenvalue weighted by molar-refractivity contribution is 4.73. The summed E-state index contributed by atoms with van der Waals surface area (Å²) in [6.45, 7) is 1.66. The van der Waals surface area contributed by atoms with E-state index in [4.69, 9.17) is 14.9 Å². The van der Waals surface area contributed by atoms with Crippen molar-refractivity contribution in [3.63, 3.8) is 0 Å². The van der Waals surface area contributed by atoms with Gasteiger partial charge in [-0.3, -0.25) is 0 Å². The summed E-state index contributed by atoms with van der Waals surface area (Å²) in [5, 5.41) is 27.4. The van der Waals surface area contributed by atoms with Crippen LogP contribution in [0.15, 0.2) is 0 Å². The first kappa shape index (κ1) is 9.92. The standard InChI is InChI=1S/C8H16O4/c1-5(9)2-7-3-6(10)4-8(11)12-7/h5-11H,2-4H2,1H3/t5-,6-,7-,8-/m1/s1. The fraction of sp³-hybridized carbons (Fsp3) is 1.00. The fourth-order valence-electron chi connectivity index (χ4n) is 1.50. The van der Waals surface area contributed by atoms with Crippen LogP contribution in [0.3, 0.4) is 0 Å². The summed E-state index contributed by atoms with van der Waals surface area (Å²) >= 11 is 0. The molecule has 0 unspecified atom stereocenters. The second kappa shape index (κ2) is 4.18. The third-order valence-corrected chi connectivity index (χ3v) is 1.96. The molecule has 0 aliphatic carbocycles. The molecule has 1 saturated heterocycles. The minimum Gasteiger partial charge on any atom is -0.393 e. The molecule has 3 N–H and O–H groups in total. The zero-order valence-corrected chi connectivity index (χ0v) is 7.18. The van der Waals surface area contributed by atoms with E-state index in [-0.39, 0.29) is 12.5 Å². The lowest BCUT2D eigenvalue weighted by Crippen LogP contribution is -2.36. The molecule has 0 radical (unpaired) electrons. The first-order chi connectivity index (χ1) is 5.58. The van der Waals surface area contributed by atoms with Crippen LogP contribution in [0.1, 0.15) is 26.2 Å². The molecule has 72 valence electrons. The number of aliphatic hydroxyl groups excluding tert-OH is 3. The topological polar surface area (TPSA) is 69.9 Å². The Kier molecular flexibility index (Phi) is 3.46. The van der Waals surface area contributed by atoms with Gasteiger partial charge in [0.1, 0.15) is 0 Å². The van der Waals surface area contributed by atoms with Gasteiger partial charge in [0.15, 0.2) is 6.29 Å². The van der Waals surface area contributed by atoms with E-state index in [0.717, 1.165) is 0 Å². The average Bonchev–Trinajstić information content (AvgIpc) is 1.81. The van der Waals surface area contributed by atoms with Crippen molar-refractivity contribution >= 4 is 0 Å². The summed E-state index contributed by atoms with van der Waals surface area (Å²) < 4.78 is 5.10. The molecule has 12 heavy (non-hydrogen) atoms. The van der Waals surface area contributed by atoms with E-state index in [1.54, 1.807) is 6.92 Å². The van der Waals surface area contributed by atoms with E-state index >= 15 is 0 Å². The van der Waals surface area contributed by atoms with Gasteiger partial charge in [-0.2, -0.15) is 0 Å². The molecule has 0 bridgehead atoms. The van der Waals surface area contributed by atoms with Crippen LogP contribution < -0.4 is 0 Å². The van der Waals surface area contributed by atoms with E-state index in [2.05, 4.69) is 0 Å². The lowest BCUT2D eigenvalue weighted by Gasteiger charge is -2.30. The first-order valence-electron chi connectivity index (χ1n) is 4.27. The predicted molar refractivity (Wildman–Crippen MR) is 42.4 cm³/mol. The molecule has 1 aliphatic heterocycles. The third-order valence-electron chi connectivity index (χ3n) is 1.96. The number of hydrogen-bond acceptors (Lipinski definition) is 4. The summed E-state index contributed by atoms with van der Waals surface area (Å²) in [5.41, 5.74) is 0. The van der Waals surface area contributed by atoms with Crippen molar-refractivity contribution in [1.29, 1.82) is 0 Å². The van der Waals surface area contributed by atoms with Crippen LogP contribution in [0.25, 0.3) is 0 Å². The average molecular weight is 176 g/mol. The van der Waals surface area contributed by atoms with E-state index in [9.17, 15) is 5.11 Å². The zero-order valence-electron chi connectivity index (χ0n) is 7.18. The fourth-order valence-corrected chi connectivity index (χ4v) is 1.50. The van der Waals surface area contributed by atoms with E-state index < -0.39 is 18.5 Å². The molecule has 0 saturated carbocycles. The Morgan fingerprint density at radius 1 is 1.42 bits per heavy atom. The molecule has 1 heterocycles. The van der Waals surface area contributed by atoms with Crippen molar-refractivity contribution in [1.82, 2.24) is 0 Å². The second-order valence-corrected chi connectivity index (χ2v) is 3.42. The van der Waals surface area contributed by atoms with Crippen molar-refractivity contribution in [3.05, 3.63) is 0 Å². The molecule has 1 fully saturated rings. The molecule has 0 aromatic heterocycles. The Morgan fingerprint density at radius 3 is 2.58 bits per heavy atom. The SMILES string of the molecule is C[C@@H](O)C[C@@H]1C[C@@H](O)C[C@H](O)O1. The summed E-state index contributed by atoms with van der Waals surface area (Å²) in [7, 11) is 0. The van der Waals surface area contributed by atoms with Crippen LogP contribution in [0.2, 0.25) is 0 Å². The van der Waals surface area contributed by atoms with Gasteiger partial charge in [0.05, 0.1) is 18.3 Å². The van der Waals surface area contributed by atoms with Crippen molar-refractivity contribution in [3.8, 4) is 0 Å². The van der Waals surface area contributed by atoms with Crippen LogP contribution >= 0.6 is 0 Å². The summed E-state index contributed by atoms with van der Waals surface area (Å²) in [5.74, 6) is 0. The van der Waals surface area contributed by atoms with Gasteiger partial charge in [-0.15, -0.1) is 0 Å². The Balaban J connectivity index is 2.34. The molecule has 4 heteroatoms. The van der Waals surface area contributed by atoms with Crippen molar-refractivity contribution in [2.24, 2.45) is 0 Å². The van der Waals surface area contributed by atoms with Crippen molar-refractivity contribution in [2.75, 3.05) is 0 Å². The number of rotatable bonds is 2. The van der Waals surface area contributed by atoms with Crippen LogP contribution in [-0.2, 0) is 4.74 Å². The quantitative estimate of drug-likeness (QED) is 0.536. The Morgan fingerprint density at radius 2 is 2.08 bits per heavy atom. The zero-order chi connectivity index (χ0) is 9.14. The second-order valence-electron chi connectivity index (χ2n) is 3.42. The Labute approximate surface area is 71.8 Å². The van der Waals surface area contributed by atoms with Gasteiger partial charge in [0.25, 0.3) is 0 Å². The summed E-state index contributed by atoms with van der Waals surface area (Å²) in [6.07, 6.45) is -0.807. The van der Waals surface area contributed by atoms with Crippen molar-refractivity contribution < 1.29 is 20.1 Å². The van der Waals surface area contributed by atoms with Crippen LogP contribution in [0.5, 0.6) is 0 Å². The van der Waals surface area contributed by atoms with E-state index in [0.29, 0.717) is 12.8 Å². The molecule has 0 spiro atoms. The van der Waals surface area contributed by atoms with Gasteiger partial charge in [-0.1, -0.05) is 0 Å². The lowest BCUT2D eigenvalue weighted by molar-refractivity contribution is -0.194. The molecule has 4 nitrogen and oxygen atoms in total. The van der Waals surface area contributed by atoms with Gasteiger partial charge in [0.2, 0.25) is 0 Å². The number of aliphatic hydroxyl groups is 3. The molecule has 0 aromatic carbocycles. The molecule has 0 aromatic rings. The maximum Gasteiger partial charge on any atom is 0.157 e. The van der Waals surface area contributed by atoms with E-state index in [1.807, 2.05) is 0 Å². The van der Waals surface area contributed by atoms with Crippen LogP contribution in [0, 0.1) is 0 Å². The first-order valence-corrected chi connectivity index (χ1v) is 4.27. The maximum absolute atomic E-state index is 9.24. The molecular weight excluding hydrogens is 160 g/mol. The van der Waals surface area contributed by atoms with Gasteiger partial charge in [-0.25, -0.2) is 0 Å². The summed E-state index contributed by atoms with van der Waals surface area (Å²) in [6, 6.07) is 0. The number of ether oxygens (including phenoxy) is 1. The Hall–Kier alpha value is -0.160. The maximum atomic E-state index is 9.24. The van der Waals surface area contributed by atoms with Crippen molar-refractivity contribution in [2.45, 2.75) is 50.8 Å². The van der Waals surface area contributed by atoms with E-state index in [1.165, 1.54) is 0 Å². The molecule has 1 rings (SSSR count). The highest BCUT2D eigenvalue weighted by Crippen LogP contribution is 2.21. The molecule has 0 amide bonds. The highest BCUT2D eigenvalue weighted by atomic mass is 16.6. The highest BCUT2D eigenvalue weighted by Gasteiger charge is 2.27. The smallest absolute Gasteiger partial charge is 0.157 e. The molecule has 1 aliphatic rings. The third kappa shape index (κ3) is 3.06. The Bertz CT molecular complexity index is 124. The minimum absolute atomic E-state index is 0.219. The predicted octanol–water partition coefficient (Wildman–Crippen LogP) is -0.384. The largest absolute Gasteiger partial charge is 0.393 e. The van der Waals surface area contributed by atoms with Gasteiger partial charge >= 0.3 is 0 Å². The minimum atomic E-state index is -0.877. The lowest BCUT2D eigenvalue weighted by atomic mass is 10.0. The van der Waals surface area contributed by atoms with Gasteiger partial charge in [0, 0.05) is 6.42 Å². The number of hydrogen-bond donors (Lipinski definition) is 3. The van der Waals surface area contributed by atoms with Gasteiger partial charge < -0.3 is 20.1 Å². The molecular formula is C8H16O4. The molecule has 4 atom stereocenters. The van der Waals surface area contributed by atoms with Gasteiger partial charge in [-0.05, 0) is 19.8 Å². The summed E-state index contributed by atoms with van der Waals surface area (Å²) in [4.78, 5) is 0. The monoisotopic (exact) mass is 176 g/mol. The van der Waals surface area contributed by atoms with Crippen LogP contribution in [0.4, 0.5) is 0 Å².